The first-order valence-corrected chi connectivity index (χ1v) is 12.2. The van der Waals surface area contributed by atoms with Crippen LogP contribution >= 0.6 is 34.4 Å². The number of benzene rings is 1. The van der Waals surface area contributed by atoms with E-state index in [-0.39, 0.29) is 11.8 Å². The van der Waals surface area contributed by atoms with Crippen LogP contribution in [0.25, 0.3) is 10.2 Å². The summed E-state index contributed by atoms with van der Waals surface area (Å²) >= 11 is 4.51. The second-order valence-electron chi connectivity index (χ2n) is 6.86. The molecule has 1 aliphatic heterocycles. The van der Waals surface area contributed by atoms with Gasteiger partial charge in [-0.3, -0.25) is 19.9 Å². The molecular formula is C21H17N5O2S3. The topological polar surface area (TPSA) is 88.1 Å². The monoisotopic (exact) mass is 467 g/mol. The molecule has 31 heavy (non-hydrogen) atoms. The van der Waals surface area contributed by atoms with Crippen LogP contribution in [0.3, 0.4) is 0 Å². The van der Waals surface area contributed by atoms with Crippen LogP contribution in [-0.2, 0) is 17.8 Å². The van der Waals surface area contributed by atoms with Gasteiger partial charge >= 0.3 is 0 Å². The summed E-state index contributed by atoms with van der Waals surface area (Å²) in [5, 5.41) is 3.35. The second kappa shape index (κ2) is 8.74. The SMILES string of the molecule is O=C(Nc1nc2c(s1)CN(C(=O)CSc1nc3ccccc3s1)CC2)c1ccccn1. The van der Waals surface area contributed by atoms with Gasteiger partial charge in [0.05, 0.1) is 28.2 Å². The van der Waals surface area contributed by atoms with Crippen molar-refractivity contribution in [2.45, 2.75) is 17.3 Å². The van der Waals surface area contributed by atoms with Crippen LogP contribution < -0.4 is 5.32 Å². The van der Waals surface area contributed by atoms with Crippen LogP contribution in [0.1, 0.15) is 21.1 Å². The Hall–Kier alpha value is -2.82. The highest BCUT2D eigenvalue weighted by atomic mass is 32.2. The number of carbonyl (C=O) groups excluding carboxylic acids is 2. The molecule has 2 amide bonds. The van der Waals surface area contributed by atoms with Crippen molar-refractivity contribution in [3.8, 4) is 0 Å². The van der Waals surface area contributed by atoms with E-state index in [1.165, 1.54) is 23.1 Å². The minimum atomic E-state index is -0.285. The Balaban J connectivity index is 1.20. The quantitative estimate of drug-likeness (QED) is 0.445. The van der Waals surface area contributed by atoms with Gasteiger partial charge in [0, 0.05) is 24.0 Å². The van der Waals surface area contributed by atoms with Crippen molar-refractivity contribution in [3.63, 3.8) is 0 Å². The predicted octanol–water partition coefficient (Wildman–Crippen LogP) is 4.08. The van der Waals surface area contributed by atoms with Crippen molar-refractivity contribution in [1.29, 1.82) is 0 Å². The van der Waals surface area contributed by atoms with E-state index in [1.54, 1.807) is 35.7 Å². The maximum Gasteiger partial charge on any atom is 0.276 e. The van der Waals surface area contributed by atoms with Crippen LogP contribution in [0, 0.1) is 0 Å². The number of hydrogen-bond acceptors (Lipinski definition) is 8. The third kappa shape index (κ3) is 4.46. The van der Waals surface area contributed by atoms with E-state index >= 15 is 0 Å². The fourth-order valence-electron chi connectivity index (χ4n) is 3.25. The number of rotatable bonds is 5. The van der Waals surface area contributed by atoms with Crippen LogP contribution in [0.4, 0.5) is 5.13 Å². The van der Waals surface area contributed by atoms with Crippen molar-refractivity contribution >= 4 is 61.6 Å². The summed E-state index contributed by atoms with van der Waals surface area (Å²) in [6, 6.07) is 13.2. The zero-order chi connectivity index (χ0) is 21.2. The number of hydrogen-bond donors (Lipinski definition) is 1. The van der Waals surface area contributed by atoms with E-state index in [1.807, 2.05) is 29.2 Å². The number of thiazole rings is 2. The van der Waals surface area contributed by atoms with Crippen molar-refractivity contribution < 1.29 is 9.59 Å². The van der Waals surface area contributed by atoms with Gasteiger partial charge < -0.3 is 4.90 Å². The number of anilines is 1. The number of amides is 2. The smallest absolute Gasteiger partial charge is 0.276 e. The number of nitrogens with one attached hydrogen (secondary N) is 1. The van der Waals surface area contributed by atoms with E-state index in [2.05, 4.69) is 20.3 Å². The molecule has 5 rings (SSSR count). The fourth-order valence-corrected chi connectivity index (χ4v) is 6.24. The highest BCUT2D eigenvalue weighted by Gasteiger charge is 2.25. The van der Waals surface area contributed by atoms with Gasteiger partial charge in [0.2, 0.25) is 5.91 Å². The molecule has 1 aliphatic rings. The average Bonchev–Trinajstić information content (AvgIpc) is 3.40. The molecule has 10 heteroatoms. The molecule has 1 N–H and O–H groups in total. The van der Waals surface area contributed by atoms with Gasteiger partial charge in [-0.05, 0) is 24.3 Å². The molecule has 3 aromatic heterocycles. The number of nitrogens with zero attached hydrogens (tertiary/aromatic N) is 4. The lowest BCUT2D eigenvalue weighted by Gasteiger charge is -2.25. The average molecular weight is 468 g/mol. The van der Waals surface area contributed by atoms with Crippen LogP contribution in [0.5, 0.6) is 0 Å². The minimum absolute atomic E-state index is 0.0855. The third-order valence-corrected chi connectivity index (χ3v) is 7.96. The molecule has 4 aromatic rings. The van der Waals surface area contributed by atoms with Gasteiger partial charge in [-0.2, -0.15) is 0 Å². The predicted molar refractivity (Wildman–Crippen MR) is 124 cm³/mol. The molecule has 1 aromatic carbocycles. The zero-order valence-corrected chi connectivity index (χ0v) is 18.7. The minimum Gasteiger partial charge on any atom is -0.336 e. The molecule has 0 radical (unpaired) electrons. The van der Waals surface area contributed by atoms with Crippen molar-refractivity contribution in [1.82, 2.24) is 19.9 Å². The van der Waals surface area contributed by atoms with Crippen LogP contribution in [-0.4, -0.2) is 44.0 Å². The number of thioether (sulfide) groups is 1. The van der Waals surface area contributed by atoms with Gasteiger partial charge in [0.15, 0.2) is 9.47 Å². The van der Waals surface area contributed by atoms with Crippen LogP contribution in [0.2, 0.25) is 0 Å². The number of para-hydroxylation sites is 1. The van der Waals surface area contributed by atoms with Gasteiger partial charge in [0.25, 0.3) is 5.91 Å². The molecule has 0 saturated heterocycles. The Morgan fingerprint density at radius 2 is 1.97 bits per heavy atom. The first-order valence-electron chi connectivity index (χ1n) is 9.63. The van der Waals surface area contributed by atoms with Gasteiger partial charge in [-0.25, -0.2) is 9.97 Å². The Kier molecular flexibility index (Phi) is 5.66. The summed E-state index contributed by atoms with van der Waals surface area (Å²) in [6.45, 7) is 1.15. The fraction of sp³-hybridized carbons (Fsp3) is 0.190. The van der Waals surface area contributed by atoms with E-state index < -0.39 is 0 Å². The Labute approximate surface area is 190 Å². The van der Waals surface area contributed by atoms with Crippen LogP contribution in [0.15, 0.2) is 53.0 Å². The highest BCUT2D eigenvalue weighted by Crippen LogP contribution is 2.31. The lowest BCUT2D eigenvalue weighted by Crippen LogP contribution is -2.36. The Bertz CT molecular complexity index is 1220. The molecular weight excluding hydrogens is 450 g/mol. The summed E-state index contributed by atoms with van der Waals surface area (Å²) < 4.78 is 2.04. The Morgan fingerprint density at radius 1 is 1.10 bits per heavy atom. The van der Waals surface area contributed by atoms with Gasteiger partial charge in [0.1, 0.15) is 5.69 Å². The van der Waals surface area contributed by atoms with Gasteiger partial charge in [-0.15, -0.1) is 11.3 Å². The summed E-state index contributed by atoms with van der Waals surface area (Å²) in [5.74, 6) is 0.159. The second-order valence-corrected chi connectivity index (χ2v) is 10.2. The molecule has 7 nitrogen and oxygen atoms in total. The molecule has 0 bridgehead atoms. The number of pyridine rings is 1. The van der Waals surface area contributed by atoms with E-state index in [9.17, 15) is 9.59 Å². The van der Waals surface area contributed by atoms with Crippen molar-refractivity contribution in [2.75, 3.05) is 17.6 Å². The number of fused-ring (bicyclic) bond motifs is 2. The third-order valence-electron chi connectivity index (χ3n) is 4.80. The summed E-state index contributed by atoms with van der Waals surface area (Å²) in [5.41, 5.74) is 2.26. The van der Waals surface area contributed by atoms with Crippen molar-refractivity contribution in [3.05, 3.63) is 64.9 Å². The summed E-state index contributed by atoms with van der Waals surface area (Å²) in [4.78, 5) is 41.1. The molecule has 0 atom stereocenters. The van der Waals surface area contributed by atoms with Crippen molar-refractivity contribution in [2.24, 2.45) is 0 Å². The lowest BCUT2D eigenvalue weighted by atomic mass is 10.2. The van der Waals surface area contributed by atoms with E-state index in [0.717, 1.165) is 25.1 Å². The largest absolute Gasteiger partial charge is 0.336 e. The molecule has 0 aliphatic carbocycles. The molecule has 0 unspecified atom stereocenters. The maximum atomic E-state index is 12.8. The van der Waals surface area contributed by atoms with E-state index in [0.29, 0.717) is 36.1 Å². The lowest BCUT2D eigenvalue weighted by molar-refractivity contribution is -0.129. The first kappa shape index (κ1) is 20.1. The standard InChI is InChI=1S/C21H17N5O2S3/c27-18(12-29-21-24-13-5-1-2-7-16(13)31-21)26-10-8-14-17(11-26)30-20(23-14)25-19(28)15-6-3-4-9-22-15/h1-7,9H,8,10-12H2,(H,23,25,28). The zero-order valence-electron chi connectivity index (χ0n) is 16.3. The molecule has 4 heterocycles. The summed E-state index contributed by atoms with van der Waals surface area (Å²) in [6.07, 6.45) is 2.26. The molecule has 156 valence electrons. The van der Waals surface area contributed by atoms with E-state index in [4.69, 9.17) is 0 Å². The normalized spacial score (nSPS) is 13.2. The number of aromatic nitrogens is 3. The first-order chi connectivity index (χ1) is 15.2. The van der Waals surface area contributed by atoms with Gasteiger partial charge in [-0.1, -0.05) is 41.3 Å². The summed E-state index contributed by atoms with van der Waals surface area (Å²) in [7, 11) is 0. The molecule has 0 spiro atoms. The molecule has 0 saturated carbocycles. The number of carbonyl (C=O) groups is 2. The molecule has 0 fully saturated rings. The highest BCUT2D eigenvalue weighted by molar-refractivity contribution is 8.01. The Morgan fingerprint density at radius 3 is 2.81 bits per heavy atom. The maximum absolute atomic E-state index is 12.8.